The van der Waals surface area contributed by atoms with Crippen LogP contribution in [0.5, 0.6) is 0 Å². The van der Waals surface area contributed by atoms with Crippen molar-refractivity contribution in [2.75, 3.05) is 6.61 Å². The molecule has 2 atom stereocenters. The van der Waals surface area contributed by atoms with Gasteiger partial charge in [-0.3, -0.25) is 4.98 Å². The number of benzene rings is 1. The van der Waals surface area contributed by atoms with Crippen molar-refractivity contribution in [2.24, 2.45) is 0 Å². The second-order valence-electron chi connectivity index (χ2n) is 8.37. The Labute approximate surface area is 162 Å². The highest BCUT2D eigenvalue weighted by molar-refractivity contribution is 6.31. The van der Waals surface area contributed by atoms with Crippen molar-refractivity contribution >= 4 is 33.5 Å². The largest absolute Gasteiger partial charge is 0.378 e. The van der Waals surface area contributed by atoms with Gasteiger partial charge in [-0.2, -0.15) is 0 Å². The molecule has 1 saturated carbocycles. The second kappa shape index (κ2) is 6.14. The quantitative estimate of drug-likeness (QED) is 0.576. The minimum absolute atomic E-state index is 0.153. The predicted octanol–water partition coefficient (Wildman–Crippen LogP) is 5.58. The number of pyridine rings is 1. The third-order valence-corrected chi connectivity index (χ3v) is 6.27. The molecular weight excluding hydrogens is 365 g/mol. The van der Waals surface area contributed by atoms with Crippen molar-refractivity contribution in [3.8, 4) is 0 Å². The number of ether oxygens (including phenoxy) is 1. The summed E-state index contributed by atoms with van der Waals surface area (Å²) >= 11 is 6.30. The normalized spacial score (nSPS) is 31.3. The molecule has 6 heteroatoms. The number of imidazole rings is 1. The summed E-state index contributed by atoms with van der Waals surface area (Å²) in [6.45, 7) is 4.54. The average molecular weight is 388 g/mol. The van der Waals surface area contributed by atoms with Crippen molar-refractivity contribution in [3.63, 3.8) is 0 Å². The molecule has 2 aliphatic rings. The number of nitrogens with zero attached hydrogens (tertiary/aromatic N) is 3. The highest BCUT2D eigenvalue weighted by Crippen LogP contribution is 2.48. The van der Waals surface area contributed by atoms with E-state index in [9.17, 15) is 4.39 Å². The van der Waals surface area contributed by atoms with E-state index in [4.69, 9.17) is 21.3 Å². The molecule has 3 aromatic rings. The summed E-state index contributed by atoms with van der Waals surface area (Å²) in [7, 11) is 0. The van der Waals surface area contributed by atoms with Gasteiger partial charge in [0.2, 0.25) is 0 Å². The lowest BCUT2D eigenvalue weighted by Gasteiger charge is -2.40. The lowest BCUT2D eigenvalue weighted by atomic mass is 9.73. The fraction of sp³-hybridized carbons (Fsp3) is 0.524. The topological polar surface area (TPSA) is 39.9 Å². The monoisotopic (exact) mass is 387 g/mol. The van der Waals surface area contributed by atoms with Crippen molar-refractivity contribution in [2.45, 2.75) is 63.3 Å². The van der Waals surface area contributed by atoms with Gasteiger partial charge in [-0.25, -0.2) is 9.37 Å². The summed E-state index contributed by atoms with van der Waals surface area (Å²) in [5.74, 6) is 1.15. The summed E-state index contributed by atoms with van der Waals surface area (Å²) in [5, 5.41) is 1.70. The molecule has 27 heavy (non-hydrogen) atoms. The highest BCUT2D eigenvalue weighted by Gasteiger charge is 2.44. The SMILES string of the molecule is C[C@@H]1C[C@H](n2c(C3CC(C)(F)C3)nc3cnc4ccc(Cl)cc4c32)CCO1. The molecule has 2 aromatic heterocycles. The second-order valence-corrected chi connectivity index (χ2v) is 8.81. The Morgan fingerprint density at radius 2 is 2.11 bits per heavy atom. The molecule has 0 radical (unpaired) electrons. The van der Waals surface area contributed by atoms with Crippen LogP contribution in [-0.2, 0) is 4.74 Å². The average Bonchev–Trinajstić information content (AvgIpc) is 2.99. The molecule has 2 fully saturated rings. The molecule has 1 saturated heterocycles. The van der Waals surface area contributed by atoms with Crippen LogP contribution >= 0.6 is 11.6 Å². The van der Waals surface area contributed by atoms with Gasteiger partial charge in [0, 0.05) is 29.0 Å². The van der Waals surface area contributed by atoms with Crippen LogP contribution in [0.1, 0.15) is 57.3 Å². The zero-order valence-corrected chi connectivity index (χ0v) is 16.3. The Morgan fingerprint density at radius 1 is 1.30 bits per heavy atom. The smallest absolute Gasteiger partial charge is 0.113 e. The number of fused-ring (bicyclic) bond motifs is 3. The van der Waals surface area contributed by atoms with E-state index in [0.717, 1.165) is 47.2 Å². The minimum atomic E-state index is -1.08. The molecule has 0 amide bonds. The fourth-order valence-corrected chi connectivity index (χ4v) is 4.96. The standard InChI is InChI=1S/C21H23ClFN3O/c1-12-7-15(5-6-27-12)26-19-16-8-14(22)3-4-17(16)24-11-18(19)25-20(26)13-9-21(2,23)10-13/h3-4,8,11-13,15H,5-7,9-10H2,1-2H3/t12-,13?,15-,21?/m1/s1. The van der Waals surface area contributed by atoms with Crippen LogP contribution in [-0.4, -0.2) is 32.9 Å². The molecule has 0 N–H and O–H groups in total. The summed E-state index contributed by atoms with van der Waals surface area (Å²) in [4.78, 5) is 9.49. The zero-order valence-electron chi connectivity index (χ0n) is 15.6. The van der Waals surface area contributed by atoms with Crippen LogP contribution in [0.15, 0.2) is 24.4 Å². The first-order valence-corrected chi connectivity index (χ1v) is 10.1. The first kappa shape index (κ1) is 17.4. The molecule has 1 aliphatic heterocycles. The third kappa shape index (κ3) is 2.92. The maximum Gasteiger partial charge on any atom is 0.113 e. The molecular formula is C21H23ClFN3O. The lowest BCUT2D eigenvalue weighted by molar-refractivity contribution is 0.00394. The molecule has 4 nitrogen and oxygen atoms in total. The van der Waals surface area contributed by atoms with Gasteiger partial charge in [-0.1, -0.05) is 11.6 Å². The molecule has 142 valence electrons. The van der Waals surface area contributed by atoms with Crippen LogP contribution < -0.4 is 0 Å². The Hall–Kier alpha value is -1.72. The van der Waals surface area contributed by atoms with Gasteiger partial charge >= 0.3 is 0 Å². The van der Waals surface area contributed by atoms with Gasteiger partial charge < -0.3 is 9.30 Å². The summed E-state index contributed by atoms with van der Waals surface area (Å²) < 4.78 is 22.4. The Kier molecular flexibility index (Phi) is 3.96. The van der Waals surface area contributed by atoms with E-state index in [1.54, 1.807) is 6.92 Å². The van der Waals surface area contributed by atoms with Crippen molar-refractivity contribution in [1.29, 1.82) is 0 Å². The van der Waals surface area contributed by atoms with Crippen LogP contribution in [0.25, 0.3) is 21.9 Å². The maximum absolute atomic E-state index is 14.3. The number of aromatic nitrogens is 3. The summed E-state index contributed by atoms with van der Waals surface area (Å²) in [5.41, 5.74) is 1.76. The highest BCUT2D eigenvalue weighted by atomic mass is 35.5. The number of alkyl halides is 1. The van der Waals surface area contributed by atoms with Gasteiger partial charge in [0.25, 0.3) is 0 Å². The number of halogens is 2. The zero-order chi connectivity index (χ0) is 18.8. The molecule has 1 aliphatic carbocycles. The Balaban J connectivity index is 1.74. The van der Waals surface area contributed by atoms with Gasteiger partial charge in [-0.15, -0.1) is 0 Å². The van der Waals surface area contributed by atoms with Gasteiger partial charge in [-0.05, 0) is 57.7 Å². The predicted molar refractivity (Wildman–Crippen MR) is 105 cm³/mol. The van der Waals surface area contributed by atoms with E-state index in [0.29, 0.717) is 23.9 Å². The van der Waals surface area contributed by atoms with Crippen LogP contribution in [0, 0.1) is 0 Å². The number of hydrogen-bond donors (Lipinski definition) is 0. The first-order chi connectivity index (χ1) is 12.9. The molecule has 1 aromatic carbocycles. The Bertz CT molecular complexity index is 1020. The van der Waals surface area contributed by atoms with Crippen molar-refractivity contribution in [1.82, 2.24) is 14.5 Å². The molecule has 3 heterocycles. The molecule has 0 bridgehead atoms. The van der Waals surface area contributed by atoms with E-state index >= 15 is 0 Å². The summed E-state index contributed by atoms with van der Waals surface area (Å²) in [6.07, 6.45) is 4.97. The van der Waals surface area contributed by atoms with Gasteiger partial charge in [0.15, 0.2) is 0 Å². The molecule has 0 unspecified atom stereocenters. The summed E-state index contributed by atoms with van der Waals surface area (Å²) in [6, 6.07) is 6.07. The van der Waals surface area contributed by atoms with Crippen molar-refractivity contribution < 1.29 is 9.13 Å². The fourth-order valence-electron chi connectivity index (χ4n) is 4.78. The van der Waals surface area contributed by atoms with Crippen molar-refractivity contribution in [3.05, 3.63) is 35.2 Å². The van der Waals surface area contributed by atoms with E-state index in [1.807, 2.05) is 24.4 Å². The van der Waals surface area contributed by atoms with E-state index in [1.165, 1.54) is 0 Å². The van der Waals surface area contributed by atoms with Crippen LogP contribution in [0.4, 0.5) is 4.39 Å². The third-order valence-electron chi connectivity index (χ3n) is 6.04. The minimum Gasteiger partial charge on any atom is -0.378 e. The van der Waals surface area contributed by atoms with E-state index < -0.39 is 5.67 Å². The number of hydrogen-bond acceptors (Lipinski definition) is 3. The van der Waals surface area contributed by atoms with Gasteiger partial charge in [0.05, 0.1) is 23.3 Å². The van der Waals surface area contributed by atoms with Gasteiger partial charge in [0.1, 0.15) is 17.0 Å². The molecule has 0 spiro atoms. The first-order valence-electron chi connectivity index (χ1n) is 9.68. The Morgan fingerprint density at radius 3 is 2.85 bits per heavy atom. The van der Waals surface area contributed by atoms with Crippen LogP contribution in [0.3, 0.4) is 0 Å². The number of rotatable bonds is 2. The lowest BCUT2D eigenvalue weighted by Crippen LogP contribution is -2.37. The van der Waals surface area contributed by atoms with Crippen LogP contribution in [0.2, 0.25) is 5.02 Å². The maximum atomic E-state index is 14.3. The molecule has 5 rings (SSSR count). The van der Waals surface area contributed by atoms with E-state index in [2.05, 4.69) is 16.5 Å². The van der Waals surface area contributed by atoms with E-state index in [-0.39, 0.29) is 12.0 Å².